The number of Topliss-reactive ketones (excluding diaryl/α,β-unsaturated/α-hetero) is 1. The Hall–Kier alpha value is -4.35. The third-order valence-electron chi connectivity index (χ3n) is 9.55. The van der Waals surface area contributed by atoms with Gasteiger partial charge in [-0.2, -0.15) is 4.98 Å². The maximum Gasteiger partial charge on any atom is 0.263 e. The van der Waals surface area contributed by atoms with Crippen molar-refractivity contribution < 1.29 is 14.4 Å². The van der Waals surface area contributed by atoms with Crippen LogP contribution >= 0.6 is 0 Å². The molecule has 2 aliphatic rings. The topological polar surface area (TPSA) is 156 Å². The highest BCUT2D eigenvalue weighted by atomic mass is 16.2. The SMILES string of the molecule is CC(=O)c1c(C)c2cnc(Nc3ccc(N4CCN(C(=O)CCCCCCCCCC(N)=O)CC4)cn3)nc2n(C2CCCC2)c1=O. The minimum atomic E-state index is -0.273. The van der Waals surface area contributed by atoms with Gasteiger partial charge in [0, 0.05) is 56.6 Å². The number of piperazine rings is 1. The van der Waals surface area contributed by atoms with Gasteiger partial charge in [-0.05, 0) is 57.2 Å². The Morgan fingerprint density at radius 2 is 1.55 bits per heavy atom. The van der Waals surface area contributed by atoms with E-state index in [1.165, 1.54) is 6.92 Å². The molecule has 0 spiro atoms. The highest BCUT2D eigenvalue weighted by molar-refractivity contribution is 5.99. The lowest BCUT2D eigenvalue weighted by Crippen LogP contribution is -2.48. The van der Waals surface area contributed by atoms with Crippen molar-refractivity contribution in [2.24, 2.45) is 5.73 Å². The van der Waals surface area contributed by atoms with E-state index in [0.29, 0.717) is 54.3 Å². The second kappa shape index (κ2) is 16.0. The molecular weight excluding hydrogens is 596 g/mol. The minimum Gasteiger partial charge on any atom is -0.370 e. The number of primary amides is 1. The number of hydrogen-bond donors (Lipinski definition) is 2. The molecule has 12 nitrogen and oxygen atoms in total. The predicted molar refractivity (Wildman–Crippen MR) is 183 cm³/mol. The molecule has 0 unspecified atom stereocenters. The zero-order valence-electron chi connectivity index (χ0n) is 27.8. The lowest BCUT2D eigenvalue weighted by molar-refractivity contribution is -0.131. The number of hydrogen-bond acceptors (Lipinski definition) is 9. The molecular formula is C35H48N8O4. The Kier molecular flexibility index (Phi) is 11.6. The number of fused-ring (bicyclic) bond motifs is 1. The number of anilines is 3. The molecule has 1 saturated heterocycles. The molecule has 252 valence electrons. The average Bonchev–Trinajstić information content (AvgIpc) is 3.58. The van der Waals surface area contributed by atoms with Crippen molar-refractivity contribution in [3.05, 3.63) is 46.0 Å². The van der Waals surface area contributed by atoms with Gasteiger partial charge in [0.1, 0.15) is 11.5 Å². The van der Waals surface area contributed by atoms with E-state index in [-0.39, 0.29) is 34.8 Å². The number of nitrogens with zero attached hydrogens (tertiary/aromatic N) is 6. The van der Waals surface area contributed by atoms with Crippen LogP contribution in [0.3, 0.4) is 0 Å². The largest absolute Gasteiger partial charge is 0.370 e. The quantitative estimate of drug-likeness (QED) is 0.168. The number of aromatic nitrogens is 4. The first-order valence-electron chi connectivity index (χ1n) is 17.2. The zero-order valence-corrected chi connectivity index (χ0v) is 27.8. The van der Waals surface area contributed by atoms with Crippen molar-refractivity contribution >= 4 is 46.1 Å². The Morgan fingerprint density at radius 3 is 2.17 bits per heavy atom. The maximum absolute atomic E-state index is 13.5. The van der Waals surface area contributed by atoms with E-state index < -0.39 is 0 Å². The summed E-state index contributed by atoms with van der Waals surface area (Å²) in [5.74, 6) is 0.682. The van der Waals surface area contributed by atoms with E-state index >= 15 is 0 Å². The molecule has 0 aromatic carbocycles. The molecule has 47 heavy (non-hydrogen) atoms. The fraction of sp³-hybridized carbons (Fsp3) is 0.571. The van der Waals surface area contributed by atoms with E-state index in [2.05, 4.69) is 20.2 Å². The number of carbonyl (C=O) groups is 3. The van der Waals surface area contributed by atoms with Gasteiger partial charge in [0.05, 0.1) is 17.4 Å². The van der Waals surface area contributed by atoms with Gasteiger partial charge >= 0.3 is 0 Å². The summed E-state index contributed by atoms with van der Waals surface area (Å²) in [6.45, 7) is 6.10. The van der Waals surface area contributed by atoms with Gasteiger partial charge < -0.3 is 20.9 Å². The maximum atomic E-state index is 13.5. The Bertz CT molecular complexity index is 1620. The standard InChI is InChI=1S/C35H48N8O4/c1-24-28-23-38-35(40-33(28)43(26-12-10-11-13-26)34(47)32(24)25(2)44)39-30-17-16-27(22-37-30)41-18-20-42(21-19-41)31(46)15-9-7-5-3-4-6-8-14-29(36)45/h16-17,22-23,26H,3-15,18-21H2,1-2H3,(H2,36,45)(H,37,38,39,40). The van der Waals surface area contributed by atoms with Crippen LogP contribution in [0.2, 0.25) is 0 Å². The number of amides is 2. The van der Waals surface area contributed by atoms with Crippen LogP contribution in [0.25, 0.3) is 11.0 Å². The summed E-state index contributed by atoms with van der Waals surface area (Å²) in [7, 11) is 0. The number of ketones is 1. The van der Waals surface area contributed by atoms with Crippen LogP contribution in [0, 0.1) is 6.92 Å². The molecule has 1 saturated carbocycles. The van der Waals surface area contributed by atoms with Crippen LogP contribution in [0.15, 0.2) is 29.3 Å². The number of nitrogens with two attached hydrogens (primary N) is 1. The van der Waals surface area contributed by atoms with Crippen LogP contribution in [0.1, 0.15) is 112 Å². The molecule has 3 N–H and O–H groups in total. The fourth-order valence-corrected chi connectivity index (χ4v) is 6.90. The van der Waals surface area contributed by atoms with E-state index in [0.717, 1.165) is 89.4 Å². The molecule has 2 amide bonds. The van der Waals surface area contributed by atoms with Gasteiger partial charge in [-0.1, -0.05) is 44.9 Å². The van der Waals surface area contributed by atoms with Gasteiger partial charge in [0.25, 0.3) is 5.56 Å². The summed E-state index contributed by atoms with van der Waals surface area (Å²) in [4.78, 5) is 67.5. The summed E-state index contributed by atoms with van der Waals surface area (Å²) >= 11 is 0. The number of nitrogens with one attached hydrogen (secondary N) is 1. The molecule has 5 rings (SSSR count). The normalized spacial score (nSPS) is 15.4. The minimum absolute atomic E-state index is 0.0157. The first-order chi connectivity index (χ1) is 22.7. The monoisotopic (exact) mass is 644 g/mol. The number of aryl methyl sites for hydroxylation is 1. The lowest BCUT2D eigenvalue weighted by Gasteiger charge is -2.36. The third kappa shape index (κ3) is 8.52. The number of rotatable bonds is 15. The third-order valence-corrected chi connectivity index (χ3v) is 9.55. The van der Waals surface area contributed by atoms with Crippen LogP contribution in [0.5, 0.6) is 0 Å². The van der Waals surface area contributed by atoms with Crippen LogP contribution in [0.4, 0.5) is 17.5 Å². The number of unbranched alkanes of at least 4 members (excludes halogenated alkanes) is 6. The van der Waals surface area contributed by atoms with E-state index in [1.807, 2.05) is 23.2 Å². The van der Waals surface area contributed by atoms with Gasteiger partial charge in [0.2, 0.25) is 17.8 Å². The Balaban J connectivity index is 1.12. The molecule has 12 heteroatoms. The van der Waals surface area contributed by atoms with E-state index in [1.54, 1.807) is 17.7 Å². The molecule has 0 bridgehead atoms. The van der Waals surface area contributed by atoms with Crippen molar-refractivity contribution in [3.8, 4) is 0 Å². The summed E-state index contributed by atoms with van der Waals surface area (Å²) in [5.41, 5.74) is 7.26. The Labute approximate surface area is 276 Å². The second-order valence-electron chi connectivity index (χ2n) is 12.9. The van der Waals surface area contributed by atoms with Crippen LogP contribution < -0.4 is 21.5 Å². The molecule has 0 radical (unpaired) electrons. The molecule has 2 fully saturated rings. The fourth-order valence-electron chi connectivity index (χ4n) is 6.90. The molecule has 1 aliphatic carbocycles. The van der Waals surface area contributed by atoms with Gasteiger partial charge in [0.15, 0.2) is 5.78 Å². The number of pyridine rings is 2. The molecule has 0 atom stereocenters. The smallest absolute Gasteiger partial charge is 0.263 e. The molecule has 3 aromatic rings. The first kappa shape index (κ1) is 34.0. The molecule has 4 heterocycles. The van der Waals surface area contributed by atoms with Gasteiger partial charge in [-0.15, -0.1) is 0 Å². The highest BCUT2D eigenvalue weighted by Gasteiger charge is 2.26. The highest BCUT2D eigenvalue weighted by Crippen LogP contribution is 2.32. The predicted octanol–water partition coefficient (Wildman–Crippen LogP) is 5.20. The van der Waals surface area contributed by atoms with E-state index in [9.17, 15) is 19.2 Å². The first-order valence-corrected chi connectivity index (χ1v) is 17.2. The summed E-state index contributed by atoms with van der Waals surface area (Å²) in [6.07, 6.45) is 15.7. The van der Waals surface area contributed by atoms with Crippen molar-refractivity contribution in [2.45, 2.75) is 103 Å². The summed E-state index contributed by atoms with van der Waals surface area (Å²) in [6, 6.07) is 3.90. The van der Waals surface area contributed by atoms with Gasteiger partial charge in [-0.3, -0.25) is 23.7 Å². The van der Waals surface area contributed by atoms with Crippen molar-refractivity contribution in [3.63, 3.8) is 0 Å². The molecule has 3 aromatic heterocycles. The van der Waals surface area contributed by atoms with Crippen molar-refractivity contribution in [1.82, 2.24) is 24.4 Å². The van der Waals surface area contributed by atoms with Crippen molar-refractivity contribution in [2.75, 3.05) is 36.4 Å². The summed E-state index contributed by atoms with van der Waals surface area (Å²) < 4.78 is 1.71. The van der Waals surface area contributed by atoms with E-state index in [4.69, 9.17) is 10.7 Å². The van der Waals surface area contributed by atoms with Crippen LogP contribution in [-0.2, 0) is 9.59 Å². The molecule has 1 aliphatic heterocycles. The average molecular weight is 645 g/mol. The zero-order chi connectivity index (χ0) is 33.3. The van der Waals surface area contributed by atoms with Crippen LogP contribution in [-0.4, -0.2) is 68.2 Å². The lowest BCUT2D eigenvalue weighted by atomic mass is 10.0. The Morgan fingerprint density at radius 1 is 0.894 bits per heavy atom. The van der Waals surface area contributed by atoms with Crippen molar-refractivity contribution in [1.29, 1.82) is 0 Å². The summed E-state index contributed by atoms with van der Waals surface area (Å²) in [5, 5.41) is 3.89. The number of carbonyl (C=O) groups excluding carboxylic acids is 3. The van der Waals surface area contributed by atoms with Gasteiger partial charge in [-0.25, -0.2) is 9.97 Å². The second-order valence-corrected chi connectivity index (χ2v) is 12.9.